The molecule has 1 aliphatic rings. The van der Waals surface area contributed by atoms with Crippen LogP contribution < -0.4 is 5.73 Å². The van der Waals surface area contributed by atoms with Crippen molar-refractivity contribution in [3.8, 4) is 11.1 Å². The Morgan fingerprint density at radius 3 is 2.64 bits per heavy atom. The van der Waals surface area contributed by atoms with Gasteiger partial charge < -0.3 is 15.4 Å². The lowest BCUT2D eigenvalue weighted by Crippen LogP contribution is -2.40. The van der Waals surface area contributed by atoms with Gasteiger partial charge in [-0.1, -0.05) is 12.6 Å². The van der Waals surface area contributed by atoms with E-state index in [1.807, 2.05) is 0 Å². The molecular weight excluding hydrogens is 434 g/mol. The fourth-order valence-electron chi connectivity index (χ4n) is 3.30. The summed E-state index contributed by atoms with van der Waals surface area (Å²) >= 11 is 0. The number of ether oxygens (including phenoxy) is 1. The first-order valence-electron chi connectivity index (χ1n) is 9.73. The van der Waals surface area contributed by atoms with E-state index in [9.17, 15) is 18.4 Å². The summed E-state index contributed by atoms with van der Waals surface area (Å²) in [5.41, 5.74) is 4.92. The highest BCUT2D eigenvalue weighted by molar-refractivity contribution is 6.08. The summed E-state index contributed by atoms with van der Waals surface area (Å²) in [6.45, 7) is 2.59. The Morgan fingerprint density at radius 2 is 2.06 bits per heavy atom. The largest absolute Gasteiger partial charge is 0.464 e. The molecule has 2 aromatic rings. The lowest BCUT2D eigenvalue weighted by Gasteiger charge is -2.25. The molecule has 1 aliphatic heterocycles. The van der Waals surface area contributed by atoms with Crippen LogP contribution >= 0.6 is 0 Å². The predicted molar refractivity (Wildman–Crippen MR) is 116 cm³/mol. The van der Waals surface area contributed by atoms with Crippen LogP contribution in [0.2, 0.25) is 0 Å². The van der Waals surface area contributed by atoms with E-state index in [-0.39, 0.29) is 23.8 Å². The number of esters is 1. The fraction of sp³-hybridized carbons (Fsp3) is 0.227. The normalized spacial score (nSPS) is 17.9. The quantitative estimate of drug-likeness (QED) is 0.475. The van der Waals surface area contributed by atoms with Gasteiger partial charge in [0.2, 0.25) is 0 Å². The molecule has 0 bridgehead atoms. The first-order chi connectivity index (χ1) is 15.7. The third-order valence-electron chi connectivity index (χ3n) is 5.13. The van der Waals surface area contributed by atoms with E-state index in [4.69, 9.17) is 5.73 Å². The van der Waals surface area contributed by atoms with Crippen molar-refractivity contribution in [2.24, 2.45) is 10.7 Å². The molecule has 1 amide bonds. The Kier molecular flexibility index (Phi) is 6.80. The van der Waals surface area contributed by atoms with E-state index in [0.29, 0.717) is 11.1 Å². The van der Waals surface area contributed by atoms with Gasteiger partial charge in [-0.25, -0.2) is 28.5 Å². The number of amides is 1. The van der Waals surface area contributed by atoms with Crippen molar-refractivity contribution in [3.05, 3.63) is 72.9 Å². The number of nitrogens with two attached hydrogens (primary N) is 1. The van der Waals surface area contributed by atoms with Crippen LogP contribution in [0.25, 0.3) is 11.1 Å². The molecule has 0 spiro atoms. The molecule has 172 valence electrons. The molecule has 0 unspecified atom stereocenters. The van der Waals surface area contributed by atoms with Crippen LogP contribution in [0, 0.1) is 5.82 Å². The van der Waals surface area contributed by atoms with Crippen LogP contribution in [0.1, 0.15) is 5.56 Å². The van der Waals surface area contributed by atoms with Crippen LogP contribution in [-0.2, 0) is 19.9 Å². The second-order valence-electron chi connectivity index (χ2n) is 7.06. The number of aromatic nitrogens is 2. The van der Waals surface area contributed by atoms with Gasteiger partial charge in [0.25, 0.3) is 5.91 Å². The first-order valence-corrected chi connectivity index (χ1v) is 9.73. The Morgan fingerprint density at radius 1 is 1.36 bits per heavy atom. The Bertz CT molecular complexity index is 1140. The lowest BCUT2D eigenvalue weighted by atomic mass is 9.87. The van der Waals surface area contributed by atoms with Crippen LogP contribution in [-0.4, -0.2) is 65.0 Å². The highest BCUT2D eigenvalue weighted by Crippen LogP contribution is 2.37. The predicted octanol–water partition coefficient (Wildman–Crippen LogP) is 1.74. The number of halogens is 2. The summed E-state index contributed by atoms with van der Waals surface area (Å²) in [5, 5.41) is 0. The van der Waals surface area contributed by atoms with E-state index in [1.165, 1.54) is 68.3 Å². The first kappa shape index (κ1) is 23.5. The minimum atomic E-state index is -1.69. The molecule has 11 heteroatoms. The fourth-order valence-corrected chi connectivity index (χ4v) is 3.30. The number of carbonyl (C=O) groups is 2. The number of benzene rings is 1. The third kappa shape index (κ3) is 4.43. The summed E-state index contributed by atoms with van der Waals surface area (Å²) < 4.78 is 32.4. The van der Waals surface area contributed by atoms with E-state index in [1.54, 1.807) is 0 Å². The van der Waals surface area contributed by atoms with Crippen molar-refractivity contribution in [1.29, 1.82) is 0 Å². The molecule has 0 saturated heterocycles. The van der Waals surface area contributed by atoms with E-state index in [0.717, 1.165) is 4.90 Å². The maximum atomic E-state index is 14.6. The third-order valence-corrected chi connectivity index (χ3v) is 5.13. The van der Waals surface area contributed by atoms with E-state index in [2.05, 4.69) is 26.3 Å². The maximum absolute atomic E-state index is 14.6. The smallest absolute Gasteiger partial charge is 0.354 e. The number of methoxy groups -OCH3 is 1. The lowest BCUT2D eigenvalue weighted by molar-refractivity contribution is -0.137. The zero-order valence-corrected chi connectivity index (χ0v) is 18.0. The number of nitrogens with zero attached hydrogens (tertiary/aromatic N) is 5. The van der Waals surface area contributed by atoms with Gasteiger partial charge in [-0.2, -0.15) is 0 Å². The van der Waals surface area contributed by atoms with Crippen LogP contribution in [0.15, 0.2) is 66.5 Å². The number of likely N-dealkylation sites (N-methyl/N-ethyl adjacent to an activating group) is 1. The molecule has 33 heavy (non-hydrogen) atoms. The zero-order chi connectivity index (χ0) is 24.2. The van der Waals surface area contributed by atoms with Gasteiger partial charge in [0.1, 0.15) is 24.5 Å². The zero-order valence-electron chi connectivity index (χ0n) is 18.0. The molecule has 0 fully saturated rings. The molecule has 1 atom stereocenters. The highest BCUT2D eigenvalue weighted by atomic mass is 19.1. The van der Waals surface area contributed by atoms with Gasteiger partial charge in [-0.15, -0.1) is 0 Å². The van der Waals surface area contributed by atoms with Crippen LogP contribution in [0.4, 0.5) is 8.78 Å². The molecule has 0 radical (unpaired) electrons. The molecule has 0 aliphatic carbocycles. The summed E-state index contributed by atoms with van der Waals surface area (Å²) in [6.07, 6.45) is 6.83. The van der Waals surface area contributed by atoms with Crippen molar-refractivity contribution < 1.29 is 23.1 Å². The van der Waals surface area contributed by atoms with Crippen molar-refractivity contribution in [1.82, 2.24) is 19.8 Å². The standard InChI is InChI=1S/C22H22F2N6O3/c1-14(19(31)33-3)30(9-7-23)8-6-22(20(32)29(2)21(25)28-22)16-4-5-18(24)17(10-16)15-11-26-13-27-12-15/h4-6,8,10-13H,1,7,9H2,2-3H3,(H2,25,28)/b8-6+/t22-/m0/s1. The molecule has 1 aromatic carbocycles. The summed E-state index contributed by atoms with van der Waals surface area (Å²) in [5.74, 6) is -1.92. The monoisotopic (exact) mass is 456 g/mol. The van der Waals surface area contributed by atoms with Crippen molar-refractivity contribution in [2.45, 2.75) is 5.54 Å². The van der Waals surface area contributed by atoms with Gasteiger partial charge >= 0.3 is 5.97 Å². The Labute approximate surface area is 188 Å². The number of hydrogen-bond donors (Lipinski definition) is 1. The van der Waals surface area contributed by atoms with Crippen LogP contribution in [0.5, 0.6) is 0 Å². The molecule has 2 heterocycles. The minimum absolute atomic E-state index is 0.0672. The molecule has 1 aromatic heterocycles. The van der Waals surface area contributed by atoms with Gasteiger partial charge in [-0.05, 0) is 23.8 Å². The van der Waals surface area contributed by atoms with Crippen molar-refractivity contribution in [2.75, 3.05) is 27.4 Å². The van der Waals surface area contributed by atoms with Gasteiger partial charge in [0.05, 0.1) is 13.7 Å². The number of alkyl halides is 1. The second kappa shape index (κ2) is 9.55. The summed E-state index contributed by atoms with van der Waals surface area (Å²) in [6, 6.07) is 4.04. The number of aliphatic imine (C=N–C) groups is 1. The minimum Gasteiger partial charge on any atom is -0.464 e. The van der Waals surface area contributed by atoms with Crippen molar-refractivity contribution in [3.63, 3.8) is 0 Å². The van der Waals surface area contributed by atoms with Crippen molar-refractivity contribution >= 4 is 17.8 Å². The number of carbonyl (C=O) groups excluding carboxylic acids is 2. The SMILES string of the molecule is C=C(C(=O)OC)N(/C=C/[C@@]1(c2ccc(F)c(-c3cncnc3)c2)N=C(N)N(C)C1=O)CCF. The Balaban J connectivity index is 2.14. The maximum Gasteiger partial charge on any atom is 0.354 e. The number of guanidine groups is 1. The Hall–Kier alpha value is -4.15. The van der Waals surface area contributed by atoms with Gasteiger partial charge in [-0.3, -0.25) is 9.69 Å². The second-order valence-corrected chi connectivity index (χ2v) is 7.06. The molecular formula is C22H22F2N6O3. The number of hydrogen-bond acceptors (Lipinski definition) is 8. The molecule has 2 N–H and O–H groups in total. The van der Waals surface area contributed by atoms with E-state index >= 15 is 0 Å². The topological polar surface area (TPSA) is 114 Å². The van der Waals surface area contributed by atoms with Gasteiger partial charge in [0, 0.05) is 36.8 Å². The highest BCUT2D eigenvalue weighted by Gasteiger charge is 2.46. The summed E-state index contributed by atoms with van der Waals surface area (Å²) in [7, 11) is 2.61. The average Bonchev–Trinajstić information content (AvgIpc) is 3.05. The molecule has 0 saturated carbocycles. The molecule has 9 nitrogen and oxygen atoms in total. The average molecular weight is 456 g/mol. The van der Waals surface area contributed by atoms with E-state index < -0.39 is 29.9 Å². The molecule has 3 rings (SSSR count). The van der Waals surface area contributed by atoms with Gasteiger partial charge in [0.15, 0.2) is 11.5 Å². The summed E-state index contributed by atoms with van der Waals surface area (Å²) in [4.78, 5) is 39.6. The number of rotatable bonds is 8. The van der Waals surface area contributed by atoms with Crippen LogP contribution in [0.3, 0.4) is 0 Å².